The summed E-state index contributed by atoms with van der Waals surface area (Å²) in [5.41, 5.74) is 2.24. The van der Waals surface area contributed by atoms with Crippen molar-refractivity contribution in [3.63, 3.8) is 0 Å². The van der Waals surface area contributed by atoms with Gasteiger partial charge in [-0.1, -0.05) is 30.0 Å². The maximum absolute atomic E-state index is 13.5. The average Bonchev–Trinajstić information content (AvgIpc) is 3.28. The highest BCUT2D eigenvalue weighted by atomic mass is 32.2. The minimum Gasteiger partial charge on any atom is -0.493 e. The fourth-order valence-electron chi connectivity index (χ4n) is 3.83. The van der Waals surface area contributed by atoms with Crippen molar-refractivity contribution in [2.75, 3.05) is 12.4 Å². The fourth-order valence-corrected chi connectivity index (χ4v) is 4.59. The molecule has 1 atom stereocenters. The molecule has 4 aromatic rings. The van der Waals surface area contributed by atoms with Crippen LogP contribution in [-0.2, 0) is 4.79 Å². The molecule has 1 aromatic heterocycles. The number of aromatic nitrogens is 3. The summed E-state index contributed by atoms with van der Waals surface area (Å²) in [7, 11) is 0. The molecule has 172 valence electrons. The Morgan fingerprint density at radius 2 is 1.71 bits per heavy atom. The van der Waals surface area contributed by atoms with E-state index in [0.717, 1.165) is 11.3 Å². The molecular formula is C25H20F2N4O2S. The number of para-hydroxylation sites is 1. The van der Waals surface area contributed by atoms with Gasteiger partial charge in [0, 0.05) is 23.2 Å². The summed E-state index contributed by atoms with van der Waals surface area (Å²) in [6, 6.07) is 19.3. The normalized spacial score (nSPS) is 14.8. The summed E-state index contributed by atoms with van der Waals surface area (Å²) in [6.07, 6.45) is 0.688. The third kappa shape index (κ3) is 4.65. The first-order chi connectivity index (χ1) is 16.6. The molecule has 0 unspecified atom stereocenters. The number of carbonyl (C=O) groups is 1. The Morgan fingerprint density at radius 1 is 1.00 bits per heavy atom. The molecule has 9 heteroatoms. The van der Waals surface area contributed by atoms with Crippen LogP contribution in [0.25, 0.3) is 17.1 Å². The quantitative estimate of drug-likeness (QED) is 0.398. The molecule has 0 spiro atoms. The molecule has 6 nitrogen and oxygen atoms in total. The minimum absolute atomic E-state index is 0.113. The van der Waals surface area contributed by atoms with Crippen molar-refractivity contribution in [3.8, 4) is 22.8 Å². The van der Waals surface area contributed by atoms with Gasteiger partial charge < -0.3 is 10.1 Å². The zero-order valence-electron chi connectivity index (χ0n) is 17.9. The summed E-state index contributed by atoms with van der Waals surface area (Å²) in [5, 5.41) is 12.1. The van der Waals surface area contributed by atoms with E-state index in [4.69, 9.17) is 4.74 Å². The van der Waals surface area contributed by atoms with Gasteiger partial charge in [-0.05, 0) is 54.6 Å². The largest absolute Gasteiger partial charge is 0.493 e. The SMILES string of the molecule is O=C(CSc1nnc(-c2ccc(F)cc2)n1-c1ccc(F)cc1)N[C@H]1CCOc2ccccc21. The Bertz CT molecular complexity index is 1310. The number of ether oxygens (including phenoxy) is 1. The second-order valence-electron chi connectivity index (χ2n) is 7.71. The zero-order chi connectivity index (χ0) is 23.5. The molecule has 3 aromatic carbocycles. The number of rotatable bonds is 6. The van der Waals surface area contributed by atoms with E-state index in [2.05, 4.69) is 15.5 Å². The van der Waals surface area contributed by atoms with E-state index in [9.17, 15) is 13.6 Å². The van der Waals surface area contributed by atoms with E-state index in [1.54, 1.807) is 28.8 Å². The molecule has 0 fully saturated rings. The third-order valence-corrected chi connectivity index (χ3v) is 6.38. The lowest BCUT2D eigenvalue weighted by atomic mass is 10.0. The minimum atomic E-state index is -0.370. The summed E-state index contributed by atoms with van der Waals surface area (Å²) < 4.78 is 34.4. The number of amides is 1. The lowest BCUT2D eigenvalue weighted by molar-refractivity contribution is -0.119. The first-order valence-corrected chi connectivity index (χ1v) is 11.7. The van der Waals surface area contributed by atoms with Crippen molar-refractivity contribution in [1.29, 1.82) is 0 Å². The average molecular weight is 479 g/mol. The molecule has 0 bridgehead atoms. The van der Waals surface area contributed by atoms with Crippen molar-refractivity contribution >= 4 is 17.7 Å². The monoisotopic (exact) mass is 478 g/mol. The van der Waals surface area contributed by atoms with Crippen molar-refractivity contribution in [1.82, 2.24) is 20.1 Å². The van der Waals surface area contributed by atoms with Crippen molar-refractivity contribution in [2.45, 2.75) is 17.6 Å². The predicted octanol–water partition coefficient (Wildman–Crippen LogP) is 4.94. The van der Waals surface area contributed by atoms with Crippen LogP contribution in [0.4, 0.5) is 8.78 Å². The highest BCUT2D eigenvalue weighted by Crippen LogP contribution is 2.32. The number of carbonyl (C=O) groups excluding carboxylic acids is 1. The van der Waals surface area contributed by atoms with E-state index in [1.807, 2.05) is 24.3 Å². The summed E-state index contributed by atoms with van der Waals surface area (Å²) in [4.78, 5) is 12.8. The van der Waals surface area contributed by atoms with Crippen LogP contribution in [0.3, 0.4) is 0 Å². The van der Waals surface area contributed by atoms with E-state index >= 15 is 0 Å². The molecule has 1 aliphatic heterocycles. The smallest absolute Gasteiger partial charge is 0.230 e. The number of thioether (sulfide) groups is 1. The maximum atomic E-state index is 13.5. The molecule has 34 heavy (non-hydrogen) atoms. The van der Waals surface area contributed by atoms with Crippen LogP contribution in [0, 0.1) is 11.6 Å². The molecular weight excluding hydrogens is 458 g/mol. The second-order valence-corrected chi connectivity index (χ2v) is 8.65. The lowest BCUT2D eigenvalue weighted by Crippen LogP contribution is -2.33. The molecule has 0 aliphatic carbocycles. The highest BCUT2D eigenvalue weighted by Gasteiger charge is 2.23. The van der Waals surface area contributed by atoms with Gasteiger partial charge in [-0.25, -0.2) is 8.78 Å². The van der Waals surface area contributed by atoms with Crippen LogP contribution >= 0.6 is 11.8 Å². The van der Waals surface area contributed by atoms with Gasteiger partial charge in [-0.3, -0.25) is 9.36 Å². The fraction of sp³-hybridized carbons (Fsp3) is 0.160. The van der Waals surface area contributed by atoms with Gasteiger partial charge in [-0.2, -0.15) is 0 Å². The van der Waals surface area contributed by atoms with E-state index in [1.165, 1.54) is 36.0 Å². The lowest BCUT2D eigenvalue weighted by Gasteiger charge is -2.26. The Morgan fingerprint density at radius 3 is 2.47 bits per heavy atom. The molecule has 1 N–H and O–H groups in total. The molecule has 1 amide bonds. The standard InChI is InChI=1S/C25H20F2N4O2S/c26-17-7-5-16(6-8-17)24-29-30-25(31(24)19-11-9-18(27)10-12-19)34-15-23(32)28-21-13-14-33-22-4-2-1-3-20(21)22/h1-12,21H,13-15H2,(H,28,32)/t21-/m0/s1. The number of benzene rings is 3. The van der Waals surface area contributed by atoms with Crippen LogP contribution in [-0.4, -0.2) is 33.0 Å². The number of fused-ring (bicyclic) bond motifs is 1. The molecule has 0 saturated heterocycles. The molecule has 0 radical (unpaired) electrons. The number of hydrogen-bond donors (Lipinski definition) is 1. The number of nitrogens with zero attached hydrogens (tertiary/aromatic N) is 3. The van der Waals surface area contributed by atoms with Gasteiger partial charge in [-0.15, -0.1) is 10.2 Å². The van der Waals surface area contributed by atoms with Gasteiger partial charge >= 0.3 is 0 Å². The Kier molecular flexibility index (Phi) is 6.27. The third-order valence-electron chi connectivity index (χ3n) is 5.45. The maximum Gasteiger partial charge on any atom is 0.230 e. The van der Waals surface area contributed by atoms with Crippen LogP contribution in [0.1, 0.15) is 18.0 Å². The zero-order valence-corrected chi connectivity index (χ0v) is 18.8. The molecule has 0 saturated carbocycles. The van der Waals surface area contributed by atoms with Gasteiger partial charge in [0.15, 0.2) is 11.0 Å². The van der Waals surface area contributed by atoms with Crippen LogP contribution in [0.15, 0.2) is 78.0 Å². The topological polar surface area (TPSA) is 69.0 Å². The van der Waals surface area contributed by atoms with Crippen LogP contribution in [0.2, 0.25) is 0 Å². The Labute approximate surface area is 199 Å². The first-order valence-electron chi connectivity index (χ1n) is 10.7. The van der Waals surface area contributed by atoms with Gasteiger partial charge in [0.1, 0.15) is 17.4 Å². The van der Waals surface area contributed by atoms with Gasteiger partial charge in [0.2, 0.25) is 5.91 Å². The molecule has 2 heterocycles. The summed E-state index contributed by atoms with van der Waals surface area (Å²) in [6.45, 7) is 0.537. The molecule has 5 rings (SSSR count). The second kappa shape index (κ2) is 9.64. The van der Waals surface area contributed by atoms with E-state index in [0.29, 0.717) is 35.3 Å². The van der Waals surface area contributed by atoms with Crippen molar-refractivity contribution < 1.29 is 18.3 Å². The van der Waals surface area contributed by atoms with Crippen LogP contribution < -0.4 is 10.1 Å². The Hall–Kier alpha value is -3.72. The van der Waals surface area contributed by atoms with E-state index < -0.39 is 0 Å². The highest BCUT2D eigenvalue weighted by molar-refractivity contribution is 7.99. The Balaban J connectivity index is 1.37. The number of nitrogens with one attached hydrogen (secondary N) is 1. The first kappa shape index (κ1) is 22.1. The van der Waals surface area contributed by atoms with Crippen molar-refractivity contribution in [3.05, 3.63) is 90.0 Å². The number of halogens is 2. The number of hydrogen-bond acceptors (Lipinski definition) is 5. The summed E-state index contributed by atoms with van der Waals surface area (Å²) >= 11 is 1.22. The van der Waals surface area contributed by atoms with Crippen molar-refractivity contribution in [2.24, 2.45) is 0 Å². The van der Waals surface area contributed by atoms with Crippen LogP contribution in [0.5, 0.6) is 5.75 Å². The predicted molar refractivity (Wildman–Crippen MR) is 125 cm³/mol. The van der Waals surface area contributed by atoms with Gasteiger partial charge in [0.05, 0.1) is 18.4 Å². The van der Waals surface area contributed by atoms with E-state index in [-0.39, 0.29) is 29.3 Å². The van der Waals surface area contributed by atoms with Gasteiger partial charge in [0.25, 0.3) is 0 Å². The molecule has 1 aliphatic rings. The summed E-state index contributed by atoms with van der Waals surface area (Å²) in [5.74, 6) is 0.480.